The van der Waals surface area contributed by atoms with Gasteiger partial charge in [0.05, 0.1) is 12.0 Å². The first-order valence-electron chi connectivity index (χ1n) is 11.7. The molecule has 4 rings (SSSR count). The highest BCUT2D eigenvalue weighted by atomic mass is 16.2. The summed E-state index contributed by atoms with van der Waals surface area (Å²) in [6, 6.07) is 10.6. The van der Waals surface area contributed by atoms with Gasteiger partial charge >= 0.3 is 0 Å². The van der Waals surface area contributed by atoms with E-state index in [9.17, 15) is 4.79 Å². The highest BCUT2D eigenvalue weighted by Crippen LogP contribution is 2.25. The van der Waals surface area contributed by atoms with Crippen LogP contribution in [0.15, 0.2) is 30.3 Å². The van der Waals surface area contributed by atoms with Crippen LogP contribution >= 0.6 is 0 Å². The lowest BCUT2D eigenvalue weighted by Gasteiger charge is -2.33. The van der Waals surface area contributed by atoms with Crippen LogP contribution in [0.25, 0.3) is 0 Å². The average molecular weight is 422 g/mol. The van der Waals surface area contributed by atoms with E-state index in [0.29, 0.717) is 6.54 Å². The van der Waals surface area contributed by atoms with Crippen molar-refractivity contribution in [3.8, 4) is 0 Å². The summed E-state index contributed by atoms with van der Waals surface area (Å²) in [6.07, 6.45) is 5.67. The molecule has 0 aliphatic carbocycles. The summed E-state index contributed by atoms with van der Waals surface area (Å²) in [7, 11) is 0. The minimum Gasteiger partial charge on any atom is -0.355 e. The van der Waals surface area contributed by atoms with Gasteiger partial charge in [0.25, 0.3) is 0 Å². The van der Waals surface area contributed by atoms with E-state index < -0.39 is 0 Å². The maximum atomic E-state index is 13.0. The Bertz CT molecular complexity index is 891. The van der Waals surface area contributed by atoms with Crippen LogP contribution in [-0.2, 0) is 4.79 Å². The molecule has 2 fully saturated rings. The number of carbonyl (C=O) groups excluding carboxylic acids is 1. The van der Waals surface area contributed by atoms with Crippen LogP contribution in [0.1, 0.15) is 61.8 Å². The molecule has 3 heterocycles. The number of aromatic nitrogens is 2. The number of carbonyl (C=O) groups is 1. The molecule has 2 aromatic rings. The van der Waals surface area contributed by atoms with Crippen LogP contribution in [-0.4, -0.2) is 42.3 Å². The lowest BCUT2D eigenvalue weighted by atomic mass is 9.95. The largest absolute Gasteiger partial charge is 0.355 e. The fourth-order valence-corrected chi connectivity index (χ4v) is 4.90. The second kappa shape index (κ2) is 9.67. The second-order valence-corrected chi connectivity index (χ2v) is 9.17. The number of anilines is 2. The predicted octanol–water partition coefficient (Wildman–Crippen LogP) is 4.18. The Hall–Kier alpha value is -2.63. The molecule has 166 valence electrons. The van der Waals surface area contributed by atoms with Gasteiger partial charge in [-0.25, -0.2) is 0 Å². The molecule has 6 nitrogen and oxygen atoms in total. The summed E-state index contributed by atoms with van der Waals surface area (Å²) < 4.78 is 0. The lowest BCUT2D eigenvalue weighted by Crippen LogP contribution is -2.44. The number of aryl methyl sites for hydroxylation is 2. The number of nitrogens with zero attached hydrogens (tertiary/aromatic N) is 4. The summed E-state index contributed by atoms with van der Waals surface area (Å²) in [5, 5.41) is 12.2. The van der Waals surface area contributed by atoms with Gasteiger partial charge in [-0.1, -0.05) is 23.8 Å². The normalized spacial score (nSPS) is 20.4. The molecular formula is C25H35N5O. The Labute approximate surface area is 186 Å². The van der Waals surface area contributed by atoms with E-state index in [1.807, 2.05) is 0 Å². The molecule has 1 N–H and O–H groups in total. The van der Waals surface area contributed by atoms with Crippen LogP contribution in [0.5, 0.6) is 0 Å². The predicted molar refractivity (Wildman–Crippen MR) is 126 cm³/mol. The van der Waals surface area contributed by atoms with E-state index in [-0.39, 0.29) is 17.9 Å². The van der Waals surface area contributed by atoms with Gasteiger partial charge in [0.15, 0.2) is 11.6 Å². The van der Waals surface area contributed by atoms with Crippen molar-refractivity contribution in [3.63, 3.8) is 0 Å². The zero-order chi connectivity index (χ0) is 21.8. The highest BCUT2D eigenvalue weighted by Gasteiger charge is 2.28. The number of benzene rings is 1. The summed E-state index contributed by atoms with van der Waals surface area (Å²) in [5.41, 5.74) is 3.66. The van der Waals surface area contributed by atoms with E-state index in [2.05, 4.69) is 76.4 Å². The first-order chi connectivity index (χ1) is 15.0. The van der Waals surface area contributed by atoms with E-state index in [4.69, 9.17) is 0 Å². The zero-order valence-corrected chi connectivity index (χ0v) is 19.1. The molecule has 1 amide bonds. The Balaban J connectivity index is 1.37. The van der Waals surface area contributed by atoms with Crippen LogP contribution in [0.3, 0.4) is 0 Å². The number of hydrogen-bond donors (Lipinski definition) is 1. The van der Waals surface area contributed by atoms with Crippen molar-refractivity contribution in [2.45, 2.75) is 58.9 Å². The van der Waals surface area contributed by atoms with Crippen molar-refractivity contribution in [2.75, 3.05) is 36.0 Å². The molecule has 2 aliphatic heterocycles. The summed E-state index contributed by atoms with van der Waals surface area (Å²) >= 11 is 0. The van der Waals surface area contributed by atoms with Crippen molar-refractivity contribution in [3.05, 3.63) is 47.0 Å². The number of nitrogens with one attached hydrogen (secondary N) is 1. The molecule has 2 saturated heterocycles. The molecule has 6 heteroatoms. The highest BCUT2D eigenvalue weighted by molar-refractivity contribution is 5.80. The number of rotatable bonds is 5. The smallest absolute Gasteiger partial charge is 0.225 e. The second-order valence-electron chi connectivity index (χ2n) is 9.17. The Morgan fingerprint density at radius 1 is 0.968 bits per heavy atom. The molecule has 31 heavy (non-hydrogen) atoms. The van der Waals surface area contributed by atoms with Crippen molar-refractivity contribution >= 4 is 17.5 Å². The third-order valence-electron chi connectivity index (χ3n) is 6.68. The molecule has 2 unspecified atom stereocenters. The molecule has 0 saturated carbocycles. The van der Waals surface area contributed by atoms with Crippen LogP contribution in [0, 0.1) is 19.8 Å². The van der Waals surface area contributed by atoms with Crippen molar-refractivity contribution in [2.24, 2.45) is 5.92 Å². The first kappa shape index (κ1) is 21.6. The molecule has 2 atom stereocenters. The molecule has 1 aromatic carbocycles. The van der Waals surface area contributed by atoms with E-state index in [0.717, 1.165) is 44.1 Å². The molecule has 2 aliphatic rings. The molecule has 0 bridgehead atoms. The molecule has 0 radical (unpaired) electrons. The third-order valence-corrected chi connectivity index (χ3v) is 6.68. The summed E-state index contributed by atoms with van der Waals surface area (Å²) in [5.74, 6) is 1.96. The molecule has 1 aromatic heterocycles. The van der Waals surface area contributed by atoms with Gasteiger partial charge in [0.1, 0.15) is 0 Å². The van der Waals surface area contributed by atoms with Crippen LogP contribution < -0.4 is 15.1 Å². The van der Waals surface area contributed by atoms with Crippen LogP contribution in [0.4, 0.5) is 11.6 Å². The Morgan fingerprint density at radius 3 is 2.32 bits per heavy atom. The van der Waals surface area contributed by atoms with Gasteiger partial charge in [-0.3, -0.25) is 4.79 Å². The maximum absolute atomic E-state index is 13.0. The van der Waals surface area contributed by atoms with Crippen molar-refractivity contribution in [1.82, 2.24) is 15.5 Å². The SMILES string of the molecule is Cc1ccc(C(C)NC(=O)C2CCCN(c3ccc(N4CCCCC4)nn3)C2)c(C)c1. The number of amides is 1. The lowest BCUT2D eigenvalue weighted by molar-refractivity contribution is -0.125. The molecule has 0 spiro atoms. The Morgan fingerprint density at radius 2 is 1.65 bits per heavy atom. The van der Waals surface area contributed by atoms with Gasteiger partial charge in [-0.15, -0.1) is 10.2 Å². The minimum atomic E-state index is -0.0227. The van der Waals surface area contributed by atoms with Crippen LogP contribution in [0.2, 0.25) is 0 Å². The van der Waals surface area contributed by atoms with Gasteiger partial charge in [-0.05, 0) is 76.1 Å². The monoisotopic (exact) mass is 421 g/mol. The summed E-state index contributed by atoms with van der Waals surface area (Å²) in [4.78, 5) is 17.5. The number of hydrogen-bond acceptors (Lipinski definition) is 5. The Kier molecular flexibility index (Phi) is 6.73. The molecular weight excluding hydrogens is 386 g/mol. The van der Waals surface area contributed by atoms with E-state index >= 15 is 0 Å². The van der Waals surface area contributed by atoms with Gasteiger partial charge in [0, 0.05) is 26.2 Å². The van der Waals surface area contributed by atoms with Crippen molar-refractivity contribution < 1.29 is 4.79 Å². The third kappa shape index (κ3) is 5.17. The quantitative estimate of drug-likeness (QED) is 0.785. The van der Waals surface area contributed by atoms with Crippen molar-refractivity contribution in [1.29, 1.82) is 0 Å². The topological polar surface area (TPSA) is 61.4 Å². The van der Waals surface area contributed by atoms with Gasteiger partial charge in [-0.2, -0.15) is 0 Å². The van der Waals surface area contributed by atoms with Gasteiger partial charge < -0.3 is 15.1 Å². The standard InChI is InChI=1S/C25H35N5O/c1-18-9-10-22(19(2)16-18)20(3)26-25(31)21-8-7-15-30(17-21)24-12-11-23(27-28-24)29-13-5-4-6-14-29/h9-12,16,20-21H,4-8,13-15,17H2,1-3H3,(H,26,31). The maximum Gasteiger partial charge on any atom is 0.225 e. The minimum absolute atomic E-state index is 0.00657. The summed E-state index contributed by atoms with van der Waals surface area (Å²) in [6.45, 7) is 10.0. The average Bonchev–Trinajstić information content (AvgIpc) is 2.80. The first-order valence-corrected chi connectivity index (χ1v) is 11.7. The van der Waals surface area contributed by atoms with E-state index in [1.54, 1.807) is 0 Å². The fraction of sp³-hybridized carbons (Fsp3) is 0.560. The van der Waals surface area contributed by atoms with E-state index in [1.165, 1.54) is 36.0 Å². The fourth-order valence-electron chi connectivity index (χ4n) is 4.90. The zero-order valence-electron chi connectivity index (χ0n) is 19.1. The number of piperidine rings is 2. The van der Waals surface area contributed by atoms with Gasteiger partial charge in [0.2, 0.25) is 5.91 Å².